The van der Waals surface area contributed by atoms with E-state index in [0.717, 1.165) is 18.6 Å². The lowest BCUT2D eigenvalue weighted by Gasteiger charge is -2.23. The molecule has 0 aliphatic carbocycles. The van der Waals surface area contributed by atoms with E-state index in [1.807, 2.05) is 6.26 Å². The zero-order valence-electron chi connectivity index (χ0n) is 11.3. The van der Waals surface area contributed by atoms with Crippen molar-refractivity contribution in [1.29, 1.82) is 0 Å². The topological polar surface area (TPSA) is 95.7 Å². The molecule has 6 nitrogen and oxygen atoms in total. The van der Waals surface area contributed by atoms with Gasteiger partial charge in [0.05, 0.1) is 0 Å². The summed E-state index contributed by atoms with van der Waals surface area (Å²) >= 11 is 1.63. The molecule has 1 saturated heterocycles. The van der Waals surface area contributed by atoms with Crippen LogP contribution in [0.15, 0.2) is 0 Å². The maximum atomic E-state index is 12.3. The van der Waals surface area contributed by atoms with Gasteiger partial charge in [-0.05, 0) is 37.2 Å². The minimum absolute atomic E-state index is 0.0618. The predicted octanol–water partition coefficient (Wildman–Crippen LogP) is 0.00730. The minimum Gasteiger partial charge on any atom is -0.396 e. The molecule has 1 heterocycles. The van der Waals surface area contributed by atoms with Crippen molar-refractivity contribution in [2.75, 3.05) is 31.7 Å². The van der Waals surface area contributed by atoms with Gasteiger partial charge < -0.3 is 21.1 Å². The second-order valence-electron chi connectivity index (χ2n) is 4.79. The van der Waals surface area contributed by atoms with Crippen LogP contribution in [0.2, 0.25) is 0 Å². The lowest BCUT2D eigenvalue weighted by Crippen LogP contribution is -2.49. The van der Waals surface area contributed by atoms with Gasteiger partial charge in [0.25, 0.3) is 0 Å². The van der Waals surface area contributed by atoms with Crippen LogP contribution in [-0.4, -0.2) is 59.7 Å². The molecular weight excluding hydrogens is 266 g/mol. The lowest BCUT2D eigenvalue weighted by molar-refractivity contribution is -0.132. The molecule has 110 valence electrons. The number of likely N-dealkylation sites (tertiary alicyclic amines) is 1. The van der Waals surface area contributed by atoms with E-state index in [2.05, 4.69) is 5.32 Å². The normalized spacial score (nSPS) is 20.3. The zero-order chi connectivity index (χ0) is 14.3. The van der Waals surface area contributed by atoms with Crippen molar-refractivity contribution in [3.8, 4) is 0 Å². The highest BCUT2D eigenvalue weighted by Crippen LogP contribution is 2.20. The summed E-state index contributed by atoms with van der Waals surface area (Å²) in [7, 11) is 0. The Bertz CT molecular complexity index is 315. The largest absolute Gasteiger partial charge is 0.396 e. The van der Waals surface area contributed by atoms with Gasteiger partial charge in [0.15, 0.2) is 0 Å². The molecule has 0 saturated carbocycles. The first-order valence-electron chi connectivity index (χ1n) is 6.53. The van der Waals surface area contributed by atoms with Crippen molar-refractivity contribution in [2.24, 2.45) is 11.7 Å². The number of carbonyl (C=O) groups is 2. The highest BCUT2D eigenvalue weighted by Gasteiger charge is 2.30. The number of urea groups is 1. The molecule has 1 rings (SSSR count). The van der Waals surface area contributed by atoms with Crippen LogP contribution in [0.4, 0.5) is 4.79 Å². The Morgan fingerprint density at radius 1 is 1.58 bits per heavy atom. The van der Waals surface area contributed by atoms with E-state index in [1.54, 1.807) is 16.7 Å². The van der Waals surface area contributed by atoms with Gasteiger partial charge in [-0.25, -0.2) is 4.79 Å². The Kier molecular flexibility index (Phi) is 7.01. The van der Waals surface area contributed by atoms with Crippen LogP contribution in [0.1, 0.15) is 19.3 Å². The van der Waals surface area contributed by atoms with Gasteiger partial charge in [0, 0.05) is 19.7 Å². The van der Waals surface area contributed by atoms with Crippen molar-refractivity contribution in [3.63, 3.8) is 0 Å². The Labute approximate surface area is 118 Å². The Morgan fingerprint density at radius 3 is 2.89 bits per heavy atom. The number of nitrogens with two attached hydrogens (primary N) is 1. The molecule has 0 radical (unpaired) electrons. The van der Waals surface area contributed by atoms with Crippen molar-refractivity contribution < 1.29 is 14.7 Å². The van der Waals surface area contributed by atoms with Crippen molar-refractivity contribution in [3.05, 3.63) is 0 Å². The van der Waals surface area contributed by atoms with Gasteiger partial charge in [0.2, 0.25) is 5.91 Å². The third-order valence-electron chi connectivity index (χ3n) is 3.36. The molecule has 3 amide bonds. The smallest absolute Gasteiger partial charge is 0.312 e. The number of primary amides is 1. The van der Waals surface area contributed by atoms with Gasteiger partial charge in [-0.1, -0.05) is 0 Å². The molecule has 19 heavy (non-hydrogen) atoms. The number of nitrogens with zero attached hydrogens (tertiary/aromatic N) is 1. The quantitative estimate of drug-likeness (QED) is 0.615. The third-order valence-corrected chi connectivity index (χ3v) is 4.00. The summed E-state index contributed by atoms with van der Waals surface area (Å²) in [6.07, 6.45) is 4.18. The molecule has 1 fully saturated rings. The molecule has 1 aliphatic heterocycles. The van der Waals surface area contributed by atoms with Gasteiger partial charge in [-0.2, -0.15) is 11.8 Å². The molecule has 0 aromatic carbocycles. The van der Waals surface area contributed by atoms with Crippen molar-refractivity contribution in [1.82, 2.24) is 10.2 Å². The maximum absolute atomic E-state index is 12.3. The predicted molar refractivity (Wildman–Crippen MR) is 75.9 cm³/mol. The molecule has 4 N–H and O–H groups in total. The van der Waals surface area contributed by atoms with Crippen molar-refractivity contribution >= 4 is 23.7 Å². The number of carbonyl (C=O) groups excluding carboxylic acids is 2. The fourth-order valence-corrected chi connectivity index (χ4v) is 2.81. The molecule has 0 spiro atoms. The summed E-state index contributed by atoms with van der Waals surface area (Å²) in [5.74, 6) is 1.10. The summed E-state index contributed by atoms with van der Waals surface area (Å²) in [6, 6.07) is -1.19. The summed E-state index contributed by atoms with van der Waals surface area (Å²) in [5.41, 5.74) is 5.12. The van der Waals surface area contributed by atoms with E-state index in [4.69, 9.17) is 10.8 Å². The van der Waals surface area contributed by atoms with E-state index in [1.165, 1.54) is 0 Å². The average Bonchev–Trinajstić information content (AvgIpc) is 2.82. The first-order chi connectivity index (χ1) is 9.08. The first-order valence-corrected chi connectivity index (χ1v) is 7.92. The van der Waals surface area contributed by atoms with Crippen LogP contribution in [0.5, 0.6) is 0 Å². The minimum atomic E-state index is -0.662. The number of aliphatic hydroxyl groups excluding tert-OH is 1. The molecule has 7 heteroatoms. The molecule has 0 aromatic heterocycles. The number of amides is 3. The van der Waals surface area contributed by atoms with Crippen LogP contribution in [0, 0.1) is 5.92 Å². The number of thioether (sulfide) groups is 1. The van der Waals surface area contributed by atoms with Crippen molar-refractivity contribution in [2.45, 2.75) is 25.3 Å². The molecule has 0 aromatic rings. The number of aliphatic hydroxyl groups is 1. The summed E-state index contributed by atoms with van der Waals surface area (Å²) in [4.78, 5) is 25.0. The van der Waals surface area contributed by atoms with Gasteiger partial charge >= 0.3 is 6.03 Å². The van der Waals surface area contributed by atoms with Gasteiger partial charge in [0.1, 0.15) is 6.04 Å². The standard InChI is InChI=1S/C12H23N3O3S/c1-19-7-4-10(14-12(13)18)11(17)15-5-2-9(8-15)3-6-16/h9-10,16H,2-8H2,1H3,(H3,13,14,18). The number of hydrogen-bond acceptors (Lipinski definition) is 4. The summed E-state index contributed by atoms with van der Waals surface area (Å²) in [5, 5.41) is 11.4. The maximum Gasteiger partial charge on any atom is 0.312 e. The fourth-order valence-electron chi connectivity index (χ4n) is 2.34. The van der Waals surface area contributed by atoms with Crippen LogP contribution >= 0.6 is 11.8 Å². The van der Waals surface area contributed by atoms with E-state index >= 15 is 0 Å². The Balaban J connectivity index is 2.53. The second-order valence-corrected chi connectivity index (χ2v) is 5.78. The lowest BCUT2D eigenvalue weighted by atomic mass is 10.1. The molecule has 2 atom stereocenters. The van der Waals surface area contributed by atoms with Crippen LogP contribution < -0.4 is 11.1 Å². The highest BCUT2D eigenvalue weighted by molar-refractivity contribution is 7.98. The number of hydrogen-bond donors (Lipinski definition) is 3. The molecule has 2 unspecified atom stereocenters. The molecule has 0 bridgehead atoms. The van der Waals surface area contributed by atoms with Crippen LogP contribution in [-0.2, 0) is 4.79 Å². The van der Waals surface area contributed by atoms with Crippen LogP contribution in [0.25, 0.3) is 0 Å². The number of rotatable bonds is 7. The van der Waals surface area contributed by atoms with E-state index in [0.29, 0.717) is 25.4 Å². The SMILES string of the molecule is CSCCC(NC(N)=O)C(=O)N1CCC(CCO)C1. The zero-order valence-corrected chi connectivity index (χ0v) is 12.1. The highest BCUT2D eigenvalue weighted by atomic mass is 32.2. The summed E-state index contributed by atoms with van der Waals surface area (Å²) < 4.78 is 0. The average molecular weight is 289 g/mol. The van der Waals surface area contributed by atoms with E-state index < -0.39 is 12.1 Å². The van der Waals surface area contributed by atoms with E-state index in [-0.39, 0.29) is 12.5 Å². The van der Waals surface area contributed by atoms with Gasteiger partial charge in [-0.3, -0.25) is 4.79 Å². The molecular formula is C12H23N3O3S. The third kappa shape index (κ3) is 5.28. The summed E-state index contributed by atoms with van der Waals surface area (Å²) in [6.45, 7) is 1.51. The fraction of sp³-hybridized carbons (Fsp3) is 0.833. The number of nitrogens with one attached hydrogen (secondary N) is 1. The Morgan fingerprint density at radius 2 is 2.32 bits per heavy atom. The Hall–Kier alpha value is -0.950. The van der Waals surface area contributed by atoms with Crippen LogP contribution in [0.3, 0.4) is 0 Å². The molecule has 1 aliphatic rings. The first kappa shape index (κ1) is 16.1. The second kappa shape index (κ2) is 8.27. The van der Waals surface area contributed by atoms with E-state index in [9.17, 15) is 9.59 Å². The van der Waals surface area contributed by atoms with Gasteiger partial charge in [-0.15, -0.1) is 0 Å². The monoisotopic (exact) mass is 289 g/mol.